The van der Waals surface area contributed by atoms with Crippen LogP contribution in [0.25, 0.3) is 0 Å². The fourth-order valence-corrected chi connectivity index (χ4v) is 2.73. The summed E-state index contributed by atoms with van der Waals surface area (Å²) >= 11 is 5.80. The number of alkyl halides is 1. The molecule has 1 aromatic rings. The molecule has 1 saturated heterocycles. The average molecular weight is 269 g/mol. The van der Waals surface area contributed by atoms with E-state index in [9.17, 15) is 0 Å². The van der Waals surface area contributed by atoms with Crippen molar-refractivity contribution < 1.29 is 0 Å². The Hall–Kier alpha value is -0.870. The first-order valence-electron chi connectivity index (χ1n) is 6.64. The lowest BCUT2D eigenvalue weighted by Crippen LogP contribution is -2.37. The van der Waals surface area contributed by atoms with Gasteiger partial charge in [0, 0.05) is 25.3 Å². The number of hydrogen-bond donors (Lipinski definition) is 0. The van der Waals surface area contributed by atoms with Crippen LogP contribution in [0.15, 0.2) is 12.4 Å². The van der Waals surface area contributed by atoms with Crippen molar-refractivity contribution in [1.29, 1.82) is 0 Å². The van der Waals surface area contributed by atoms with Gasteiger partial charge < -0.3 is 4.90 Å². The van der Waals surface area contributed by atoms with Crippen LogP contribution in [0.4, 0.5) is 5.82 Å². The maximum Gasteiger partial charge on any atom is 0.147 e. The molecular weight excluding hydrogens is 248 g/mol. The van der Waals surface area contributed by atoms with Crippen LogP contribution in [0, 0.1) is 0 Å². The Bertz CT molecular complexity index is 381. The maximum absolute atomic E-state index is 5.80. The molecule has 0 bridgehead atoms. The third-order valence-corrected chi connectivity index (χ3v) is 3.90. The summed E-state index contributed by atoms with van der Waals surface area (Å²) in [4.78, 5) is 13.6. The van der Waals surface area contributed by atoms with Crippen molar-refractivity contribution >= 4 is 17.4 Å². The monoisotopic (exact) mass is 268 g/mol. The molecule has 0 saturated carbocycles. The minimum atomic E-state index is 0.425. The molecule has 1 atom stereocenters. The molecule has 1 aliphatic rings. The van der Waals surface area contributed by atoms with E-state index in [0.717, 1.165) is 37.7 Å². The fourth-order valence-electron chi connectivity index (χ4n) is 2.60. The molecule has 1 aliphatic heterocycles. The Kier molecular flexibility index (Phi) is 4.78. The summed E-state index contributed by atoms with van der Waals surface area (Å²) in [5, 5.41) is 0. The van der Waals surface area contributed by atoms with Crippen molar-refractivity contribution in [2.75, 3.05) is 31.1 Å². The summed E-state index contributed by atoms with van der Waals surface area (Å²) in [6.45, 7) is 8.77. The summed E-state index contributed by atoms with van der Waals surface area (Å²) in [7, 11) is 0. The van der Waals surface area contributed by atoms with Gasteiger partial charge in [-0.25, -0.2) is 4.98 Å². The number of anilines is 1. The van der Waals surface area contributed by atoms with Gasteiger partial charge in [0.2, 0.25) is 0 Å². The maximum atomic E-state index is 5.80. The van der Waals surface area contributed by atoms with Crippen LogP contribution in [0.1, 0.15) is 26.0 Å². The van der Waals surface area contributed by atoms with Crippen LogP contribution in [0.2, 0.25) is 0 Å². The molecule has 0 N–H and O–H groups in total. The fraction of sp³-hybridized carbons (Fsp3) is 0.692. The number of hydrogen-bond acceptors (Lipinski definition) is 4. The van der Waals surface area contributed by atoms with Gasteiger partial charge in [0.25, 0.3) is 0 Å². The van der Waals surface area contributed by atoms with Crippen LogP contribution >= 0.6 is 11.6 Å². The molecule has 2 rings (SSSR count). The predicted octanol–water partition coefficient (Wildman–Crippen LogP) is 2.14. The molecular formula is C13H21ClN4. The number of nitrogens with zero attached hydrogens (tertiary/aromatic N) is 4. The van der Waals surface area contributed by atoms with Gasteiger partial charge in [-0.1, -0.05) is 13.8 Å². The van der Waals surface area contributed by atoms with Crippen LogP contribution in [0.3, 0.4) is 0 Å². The molecule has 100 valence electrons. The zero-order chi connectivity index (χ0) is 13.0. The van der Waals surface area contributed by atoms with Gasteiger partial charge in [-0.05, 0) is 19.5 Å². The normalized spacial score (nSPS) is 19.8. The molecule has 1 aromatic heterocycles. The SMILES string of the molecule is CCN(CC)C1CCN(c2cncc(CCl)n2)C1. The number of likely N-dealkylation sites (N-methyl/N-ethyl adjacent to an activating group) is 1. The molecule has 1 fully saturated rings. The third-order valence-electron chi connectivity index (χ3n) is 3.62. The van der Waals surface area contributed by atoms with Gasteiger partial charge in [-0.2, -0.15) is 0 Å². The Morgan fingerprint density at radius 3 is 2.83 bits per heavy atom. The minimum absolute atomic E-state index is 0.425. The molecule has 0 aliphatic carbocycles. The van der Waals surface area contributed by atoms with Crippen molar-refractivity contribution in [2.45, 2.75) is 32.2 Å². The van der Waals surface area contributed by atoms with E-state index >= 15 is 0 Å². The first-order chi connectivity index (χ1) is 8.78. The Morgan fingerprint density at radius 1 is 1.39 bits per heavy atom. The van der Waals surface area contributed by atoms with Crippen molar-refractivity contribution in [3.05, 3.63) is 18.1 Å². The second-order valence-electron chi connectivity index (χ2n) is 4.61. The molecule has 0 spiro atoms. The Balaban J connectivity index is 2.03. The van der Waals surface area contributed by atoms with E-state index in [1.807, 2.05) is 6.20 Å². The molecule has 5 heteroatoms. The van der Waals surface area contributed by atoms with Crippen molar-refractivity contribution in [1.82, 2.24) is 14.9 Å². The number of rotatable bonds is 5. The van der Waals surface area contributed by atoms with E-state index in [4.69, 9.17) is 11.6 Å². The lowest BCUT2D eigenvalue weighted by molar-refractivity contribution is 0.232. The van der Waals surface area contributed by atoms with E-state index in [0.29, 0.717) is 11.9 Å². The molecule has 0 amide bonds. The summed E-state index contributed by atoms with van der Waals surface area (Å²) in [5.74, 6) is 1.39. The van der Waals surface area contributed by atoms with Crippen LogP contribution < -0.4 is 4.90 Å². The van der Waals surface area contributed by atoms with Crippen LogP contribution in [0.5, 0.6) is 0 Å². The summed E-state index contributed by atoms with van der Waals surface area (Å²) in [5.41, 5.74) is 0.848. The van der Waals surface area contributed by atoms with E-state index in [-0.39, 0.29) is 0 Å². The van der Waals surface area contributed by atoms with Crippen molar-refractivity contribution in [3.8, 4) is 0 Å². The van der Waals surface area contributed by atoms with E-state index in [2.05, 4.69) is 33.6 Å². The van der Waals surface area contributed by atoms with Crippen LogP contribution in [-0.4, -0.2) is 47.1 Å². The molecule has 0 aromatic carbocycles. The van der Waals surface area contributed by atoms with Gasteiger partial charge in [0.15, 0.2) is 0 Å². The van der Waals surface area contributed by atoms with Gasteiger partial charge in [0.05, 0.1) is 17.8 Å². The van der Waals surface area contributed by atoms with Gasteiger partial charge in [0.1, 0.15) is 5.82 Å². The summed E-state index contributed by atoms with van der Waals surface area (Å²) in [6, 6.07) is 0.640. The number of aromatic nitrogens is 2. The predicted molar refractivity (Wildman–Crippen MR) is 75.1 cm³/mol. The van der Waals surface area contributed by atoms with Gasteiger partial charge >= 0.3 is 0 Å². The smallest absolute Gasteiger partial charge is 0.147 e. The topological polar surface area (TPSA) is 32.3 Å². The summed E-state index contributed by atoms with van der Waals surface area (Å²) in [6.07, 6.45) is 4.77. The summed E-state index contributed by atoms with van der Waals surface area (Å²) < 4.78 is 0. The average Bonchev–Trinajstić information content (AvgIpc) is 2.90. The van der Waals surface area contributed by atoms with Crippen molar-refractivity contribution in [2.24, 2.45) is 0 Å². The number of halogens is 1. The second kappa shape index (κ2) is 6.34. The van der Waals surface area contributed by atoms with Gasteiger partial charge in [-0.15, -0.1) is 11.6 Å². The highest BCUT2D eigenvalue weighted by Crippen LogP contribution is 2.21. The lowest BCUT2D eigenvalue weighted by Gasteiger charge is -2.26. The van der Waals surface area contributed by atoms with E-state index in [1.165, 1.54) is 6.42 Å². The zero-order valence-corrected chi connectivity index (χ0v) is 11.9. The lowest BCUT2D eigenvalue weighted by atomic mass is 10.2. The molecule has 1 unspecified atom stereocenters. The first-order valence-corrected chi connectivity index (χ1v) is 7.17. The van der Waals surface area contributed by atoms with Gasteiger partial charge in [-0.3, -0.25) is 9.88 Å². The standard InChI is InChI=1S/C13H21ClN4/c1-3-17(4-2)12-5-6-18(10-12)13-9-15-8-11(7-14)16-13/h8-9,12H,3-7,10H2,1-2H3. The minimum Gasteiger partial charge on any atom is -0.354 e. The zero-order valence-electron chi connectivity index (χ0n) is 11.1. The molecule has 4 nitrogen and oxygen atoms in total. The largest absolute Gasteiger partial charge is 0.354 e. The Labute approximate surface area is 114 Å². The van der Waals surface area contributed by atoms with Crippen LogP contribution in [-0.2, 0) is 5.88 Å². The van der Waals surface area contributed by atoms with E-state index in [1.54, 1.807) is 6.20 Å². The highest BCUT2D eigenvalue weighted by atomic mass is 35.5. The molecule has 2 heterocycles. The first kappa shape index (κ1) is 13.6. The van der Waals surface area contributed by atoms with Crippen molar-refractivity contribution in [3.63, 3.8) is 0 Å². The highest BCUT2D eigenvalue weighted by Gasteiger charge is 2.27. The molecule has 18 heavy (non-hydrogen) atoms. The third kappa shape index (κ3) is 2.93. The molecule has 0 radical (unpaired) electrons. The second-order valence-corrected chi connectivity index (χ2v) is 4.88. The highest BCUT2D eigenvalue weighted by molar-refractivity contribution is 6.16. The van der Waals surface area contributed by atoms with E-state index < -0.39 is 0 Å². The quantitative estimate of drug-likeness (QED) is 0.766. The Morgan fingerprint density at radius 2 is 2.17 bits per heavy atom.